The standard InChI is InChI=1S/C13H10N2O/c16-13-14-8-12(15-13)11-6-5-9-3-1-2-4-10(9)7-11/h1-8H,(H2,14,15,16). The Bertz CT molecular complexity index is 694. The first-order chi connectivity index (χ1) is 7.83. The fourth-order valence-electron chi connectivity index (χ4n) is 1.84. The highest BCUT2D eigenvalue weighted by atomic mass is 16.1. The summed E-state index contributed by atoms with van der Waals surface area (Å²) < 4.78 is 0. The Morgan fingerprint density at radius 2 is 1.75 bits per heavy atom. The molecular formula is C13H10N2O. The van der Waals surface area contributed by atoms with E-state index in [1.807, 2.05) is 18.2 Å². The number of fused-ring (bicyclic) bond motifs is 1. The van der Waals surface area contributed by atoms with Crippen LogP contribution >= 0.6 is 0 Å². The van der Waals surface area contributed by atoms with Crippen LogP contribution in [0, 0.1) is 0 Å². The summed E-state index contributed by atoms with van der Waals surface area (Å²) in [5.41, 5.74) is 1.65. The van der Waals surface area contributed by atoms with Crippen LogP contribution < -0.4 is 5.69 Å². The number of aromatic amines is 2. The predicted molar refractivity (Wildman–Crippen MR) is 64.4 cm³/mol. The van der Waals surface area contributed by atoms with Crippen LogP contribution in [0.5, 0.6) is 0 Å². The molecule has 3 nitrogen and oxygen atoms in total. The highest BCUT2D eigenvalue weighted by Crippen LogP contribution is 2.21. The smallest absolute Gasteiger partial charge is 0.312 e. The molecule has 0 saturated carbocycles. The molecule has 0 bridgehead atoms. The van der Waals surface area contributed by atoms with E-state index in [0.717, 1.165) is 11.3 Å². The van der Waals surface area contributed by atoms with Crippen molar-refractivity contribution >= 4 is 10.8 Å². The first kappa shape index (κ1) is 8.97. The monoisotopic (exact) mass is 210 g/mol. The van der Waals surface area contributed by atoms with E-state index >= 15 is 0 Å². The van der Waals surface area contributed by atoms with Crippen LogP contribution in [-0.4, -0.2) is 9.97 Å². The van der Waals surface area contributed by atoms with Crippen molar-refractivity contribution in [3.63, 3.8) is 0 Å². The molecule has 78 valence electrons. The maximum Gasteiger partial charge on any atom is 0.323 e. The van der Waals surface area contributed by atoms with Crippen molar-refractivity contribution in [2.24, 2.45) is 0 Å². The number of nitrogens with one attached hydrogen (secondary N) is 2. The number of benzene rings is 2. The molecule has 0 amide bonds. The Morgan fingerprint density at radius 1 is 0.938 bits per heavy atom. The van der Waals surface area contributed by atoms with Gasteiger partial charge in [-0.3, -0.25) is 0 Å². The lowest BCUT2D eigenvalue weighted by Gasteiger charge is -2.00. The fourth-order valence-corrected chi connectivity index (χ4v) is 1.84. The third kappa shape index (κ3) is 1.42. The Hall–Kier alpha value is -2.29. The van der Waals surface area contributed by atoms with Crippen molar-refractivity contribution in [2.75, 3.05) is 0 Å². The number of aromatic nitrogens is 2. The summed E-state index contributed by atoms with van der Waals surface area (Å²) in [7, 11) is 0. The van der Waals surface area contributed by atoms with Gasteiger partial charge in [-0.15, -0.1) is 0 Å². The topological polar surface area (TPSA) is 48.6 Å². The van der Waals surface area contributed by atoms with Crippen LogP contribution in [0.4, 0.5) is 0 Å². The van der Waals surface area contributed by atoms with Crippen LogP contribution in [0.2, 0.25) is 0 Å². The van der Waals surface area contributed by atoms with Crippen LogP contribution in [0.25, 0.3) is 22.0 Å². The summed E-state index contributed by atoms with van der Waals surface area (Å²) >= 11 is 0. The first-order valence-electron chi connectivity index (χ1n) is 5.10. The second kappa shape index (κ2) is 3.38. The summed E-state index contributed by atoms with van der Waals surface area (Å²) in [6, 6.07) is 14.3. The zero-order valence-electron chi connectivity index (χ0n) is 8.53. The molecule has 0 radical (unpaired) electrons. The average molecular weight is 210 g/mol. The highest BCUT2D eigenvalue weighted by Gasteiger charge is 2.00. The van der Waals surface area contributed by atoms with Gasteiger partial charge >= 0.3 is 5.69 Å². The third-order valence-corrected chi connectivity index (χ3v) is 2.66. The molecule has 3 rings (SSSR count). The Labute approximate surface area is 91.8 Å². The molecule has 0 spiro atoms. The van der Waals surface area contributed by atoms with Gasteiger partial charge in [0.2, 0.25) is 0 Å². The lowest BCUT2D eigenvalue weighted by Crippen LogP contribution is -1.99. The van der Waals surface area contributed by atoms with Crippen molar-refractivity contribution < 1.29 is 0 Å². The number of hydrogen-bond donors (Lipinski definition) is 2. The SMILES string of the molecule is O=c1[nH]cc(-c2ccc3ccccc3c2)[nH]1. The minimum Gasteiger partial charge on any atom is -0.312 e. The molecule has 1 heterocycles. The van der Waals surface area contributed by atoms with E-state index in [0.29, 0.717) is 0 Å². The molecule has 0 saturated heterocycles. The third-order valence-electron chi connectivity index (χ3n) is 2.66. The van der Waals surface area contributed by atoms with Gasteiger partial charge in [-0.05, 0) is 16.8 Å². The second-order valence-corrected chi connectivity index (χ2v) is 3.72. The van der Waals surface area contributed by atoms with Gasteiger partial charge in [0.25, 0.3) is 0 Å². The molecule has 0 atom stereocenters. The number of hydrogen-bond acceptors (Lipinski definition) is 1. The van der Waals surface area contributed by atoms with E-state index in [4.69, 9.17) is 0 Å². The van der Waals surface area contributed by atoms with E-state index in [1.54, 1.807) is 6.20 Å². The quantitative estimate of drug-likeness (QED) is 0.637. The van der Waals surface area contributed by atoms with Crippen molar-refractivity contribution in [2.45, 2.75) is 0 Å². The molecule has 0 aliphatic carbocycles. The summed E-state index contributed by atoms with van der Waals surface area (Å²) in [6.07, 6.45) is 1.69. The van der Waals surface area contributed by atoms with Crippen LogP contribution in [0.3, 0.4) is 0 Å². The molecule has 2 N–H and O–H groups in total. The highest BCUT2D eigenvalue weighted by molar-refractivity contribution is 5.86. The fraction of sp³-hybridized carbons (Fsp3) is 0. The Kier molecular flexibility index (Phi) is 1.90. The van der Waals surface area contributed by atoms with Gasteiger partial charge in [0, 0.05) is 11.8 Å². The van der Waals surface area contributed by atoms with Gasteiger partial charge in [-0.2, -0.15) is 0 Å². The zero-order chi connectivity index (χ0) is 11.0. The van der Waals surface area contributed by atoms with E-state index in [9.17, 15) is 4.79 Å². The van der Waals surface area contributed by atoms with E-state index in [1.165, 1.54) is 10.8 Å². The van der Waals surface area contributed by atoms with Gasteiger partial charge < -0.3 is 9.97 Å². The Balaban J connectivity index is 2.22. The molecule has 3 aromatic rings. The van der Waals surface area contributed by atoms with Crippen molar-refractivity contribution in [3.05, 3.63) is 59.1 Å². The van der Waals surface area contributed by atoms with E-state index in [2.05, 4.69) is 34.2 Å². The predicted octanol–water partition coefficient (Wildman–Crippen LogP) is 2.52. The van der Waals surface area contributed by atoms with Crippen LogP contribution in [0.15, 0.2) is 53.5 Å². The normalized spacial score (nSPS) is 10.8. The van der Waals surface area contributed by atoms with Crippen LogP contribution in [0.1, 0.15) is 0 Å². The van der Waals surface area contributed by atoms with Crippen molar-refractivity contribution in [1.29, 1.82) is 0 Å². The molecule has 0 aliphatic heterocycles. The Morgan fingerprint density at radius 3 is 2.50 bits per heavy atom. The molecule has 0 unspecified atom stereocenters. The summed E-state index contributed by atoms with van der Waals surface area (Å²) in [5.74, 6) is 0. The molecule has 0 fully saturated rings. The maximum atomic E-state index is 11.0. The van der Waals surface area contributed by atoms with Crippen molar-refractivity contribution in [1.82, 2.24) is 9.97 Å². The maximum absolute atomic E-state index is 11.0. The molecule has 3 heteroatoms. The van der Waals surface area contributed by atoms with Gasteiger partial charge in [-0.25, -0.2) is 4.79 Å². The molecule has 16 heavy (non-hydrogen) atoms. The summed E-state index contributed by atoms with van der Waals surface area (Å²) in [4.78, 5) is 16.4. The van der Waals surface area contributed by atoms with Gasteiger partial charge in [-0.1, -0.05) is 36.4 Å². The van der Waals surface area contributed by atoms with Gasteiger partial charge in [0.1, 0.15) is 0 Å². The minimum atomic E-state index is -0.178. The van der Waals surface area contributed by atoms with Crippen molar-refractivity contribution in [3.8, 4) is 11.3 Å². The summed E-state index contributed by atoms with van der Waals surface area (Å²) in [5, 5.41) is 2.37. The molecule has 1 aromatic heterocycles. The van der Waals surface area contributed by atoms with E-state index in [-0.39, 0.29) is 5.69 Å². The zero-order valence-corrected chi connectivity index (χ0v) is 8.53. The van der Waals surface area contributed by atoms with Crippen LogP contribution in [-0.2, 0) is 0 Å². The lowest BCUT2D eigenvalue weighted by atomic mass is 10.1. The number of imidazole rings is 1. The molecule has 0 aliphatic rings. The number of H-pyrrole nitrogens is 2. The van der Waals surface area contributed by atoms with Gasteiger partial charge in [0.05, 0.1) is 5.69 Å². The lowest BCUT2D eigenvalue weighted by molar-refractivity contribution is 1.19. The summed E-state index contributed by atoms with van der Waals surface area (Å²) in [6.45, 7) is 0. The first-order valence-corrected chi connectivity index (χ1v) is 5.10. The minimum absolute atomic E-state index is 0.178. The van der Waals surface area contributed by atoms with Gasteiger partial charge in [0.15, 0.2) is 0 Å². The largest absolute Gasteiger partial charge is 0.323 e. The average Bonchev–Trinajstić information content (AvgIpc) is 2.75. The molecular weight excluding hydrogens is 200 g/mol. The number of rotatable bonds is 1. The second-order valence-electron chi connectivity index (χ2n) is 3.72. The molecule has 2 aromatic carbocycles. The van der Waals surface area contributed by atoms with E-state index < -0.39 is 0 Å².